The monoisotopic (exact) mass is 349 g/mol. The Labute approximate surface area is 144 Å². The lowest BCUT2D eigenvalue weighted by Gasteiger charge is -2.20. The van der Waals surface area contributed by atoms with E-state index in [1.807, 2.05) is 0 Å². The van der Waals surface area contributed by atoms with Gasteiger partial charge in [-0.15, -0.1) is 0 Å². The van der Waals surface area contributed by atoms with Crippen LogP contribution in [0.3, 0.4) is 0 Å². The molecule has 2 heterocycles. The van der Waals surface area contributed by atoms with Crippen LogP contribution in [-0.2, 0) is 20.9 Å². The molecule has 0 radical (unpaired) electrons. The Balaban J connectivity index is 2.00. The first kappa shape index (κ1) is 18.3. The number of ether oxygens (including phenoxy) is 2. The molecule has 8 nitrogen and oxygen atoms in total. The fourth-order valence-corrected chi connectivity index (χ4v) is 2.09. The van der Waals surface area contributed by atoms with Crippen LogP contribution in [0, 0.1) is 5.92 Å². The maximum atomic E-state index is 12.3. The Morgan fingerprint density at radius 3 is 2.52 bits per heavy atom. The second-order valence-corrected chi connectivity index (χ2v) is 5.53. The van der Waals surface area contributed by atoms with E-state index < -0.39 is 23.9 Å². The van der Waals surface area contributed by atoms with Gasteiger partial charge in [-0.1, -0.05) is 13.8 Å². The molecule has 1 amide bonds. The number of furan rings is 2. The maximum absolute atomic E-state index is 12.3. The van der Waals surface area contributed by atoms with Crippen molar-refractivity contribution in [3.63, 3.8) is 0 Å². The average Bonchev–Trinajstić information content (AvgIpc) is 3.27. The van der Waals surface area contributed by atoms with Crippen molar-refractivity contribution < 1.29 is 32.7 Å². The number of nitrogens with one attached hydrogen (secondary N) is 1. The summed E-state index contributed by atoms with van der Waals surface area (Å²) >= 11 is 0. The first-order valence-electron chi connectivity index (χ1n) is 7.59. The summed E-state index contributed by atoms with van der Waals surface area (Å²) in [7, 11) is 1.24. The molecule has 2 aromatic heterocycles. The Bertz CT molecular complexity index is 730. The molecule has 25 heavy (non-hydrogen) atoms. The van der Waals surface area contributed by atoms with Gasteiger partial charge in [-0.05, 0) is 24.1 Å². The van der Waals surface area contributed by atoms with Gasteiger partial charge < -0.3 is 23.6 Å². The van der Waals surface area contributed by atoms with Crippen molar-refractivity contribution in [3.8, 4) is 0 Å². The van der Waals surface area contributed by atoms with Crippen molar-refractivity contribution in [3.05, 3.63) is 47.8 Å². The predicted octanol–water partition coefficient (Wildman–Crippen LogP) is 2.16. The van der Waals surface area contributed by atoms with E-state index in [9.17, 15) is 14.4 Å². The largest absolute Gasteiger partial charge is 0.465 e. The van der Waals surface area contributed by atoms with E-state index >= 15 is 0 Å². The van der Waals surface area contributed by atoms with Crippen molar-refractivity contribution in [2.24, 2.45) is 5.92 Å². The van der Waals surface area contributed by atoms with Crippen LogP contribution in [0.2, 0.25) is 0 Å². The van der Waals surface area contributed by atoms with Crippen LogP contribution in [-0.4, -0.2) is 31.0 Å². The van der Waals surface area contributed by atoms with Crippen molar-refractivity contribution in [1.29, 1.82) is 0 Å². The van der Waals surface area contributed by atoms with Gasteiger partial charge in [-0.3, -0.25) is 4.79 Å². The molecule has 0 bridgehead atoms. The van der Waals surface area contributed by atoms with Crippen molar-refractivity contribution >= 4 is 17.8 Å². The third-order valence-electron chi connectivity index (χ3n) is 3.45. The summed E-state index contributed by atoms with van der Waals surface area (Å²) in [5, 5.41) is 2.57. The highest BCUT2D eigenvalue weighted by Gasteiger charge is 2.28. The number of methoxy groups -OCH3 is 1. The number of carbonyl (C=O) groups excluding carboxylic acids is 3. The van der Waals surface area contributed by atoms with Crippen LogP contribution in [0.4, 0.5) is 0 Å². The lowest BCUT2D eigenvalue weighted by molar-refractivity contribution is -0.149. The van der Waals surface area contributed by atoms with E-state index in [2.05, 4.69) is 10.1 Å². The van der Waals surface area contributed by atoms with Crippen molar-refractivity contribution in [1.82, 2.24) is 5.32 Å². The molecule has 0 fully saturated rings. The van der Waals surface area contributed by atoms with Gasteiger partial charge in [0.25, 0.3) is 5.91 Å². The second-order valence-electron chi connectivity index (χ2n) is 5.53. The van der Waals surface area contributed by atoms with Crippen LogP contribution in [0.25, 0.3) is 0 Å². The molecule has 134 valence electrons. The average molecular weight is 349 g/mol. The zero-order chi connectivity index (χ0) is 18.4. The van der Waals surface area contributed by atoms with Gasteiger partial charge >= 0.3 is 11.9 Å². The Kier molecular flexibility index (Phi) is 5.99. The molecule has 8 heteroatoms. The zero-order valence-electron chi connectivity index (χ0n) is 14.1. The minimum absolute atomic E-state index is 0.0949. The highest BCUT2D eigenvalue weighted by atomic mass is 16.5. The van der Waals surface area contributed by atoms with Crippen molar-refractivity contribution in [2.45, 2.75) is 26.5 Å². The normalized spacial score (nSPS) is 11.8. The maximum Gasteiger partial charge on any atom is 0.341 e. The first-order valence-corrected chi connectivity index (χ1v) is 7.59. The summed E-state index contributed by atoms with van der Waals surface area (Å²) in [4.78, 5) is 35.9. The minimum Gasteiger partial charge on any atom is -0.465 e. The number of carbonyl (C=O) groups is 3. The lowest BCUT2D eigenvalue weighted by atomic mass is 10.0. The van der Waals surface area contributed by atoms with E-state index in [1.165, 1.54) is 31.8 Å². The molecule has 1 N–H and O–H groups in total. The fourth-order valence-electron chi connectivity index (χ4n) is 2.09. The Hall–Kier alpha value is -3.03. The molecule has 0 spiro atoms. The van der Waals surface area contributed by atoms with Crippen molar-refractivity contribution in [2.75, 3.05) is 7.11 Å². The molecule has 0 saturated carbocycles. The molecule has 1 atom stereocenters. The number of esters is 2. The molecule has 0 unspecified atom stereocenters. The summed E-state index contributed by atoms with van der Waals surface area (Å²) in [5.41, 5.74) is 0.177. The standard InChI is InChI=1S/C17H19NO7/c1-10(2)14(18-15(19)12-5-4-7-23-12)17(21)25-9-13-11(6-8-24-13)16(20)22-3/h4-8,10,14H,9H2,1-3H3,(H,18,19)/t14-/m0/s1. The van der Waals surface area contributed by atoms with Gasteiger partial charge in [0.15, 0.2) is 11.5 Å². The van der Waals surface area contributed by atoms with Crippen LogP contribution >= 0.6 is 0 Å². The van der Waals surface area contributed by atoms with Crippen LogP contribution in [0.5, 0.6) is 0 Å². The number of hydrogen-bond donors (Lipinski definition) is 1. The molecule has 0 aliphatic rings. The fraction of sp³-hybridized carbons (Fsp3) is 0.353. The molecular weight excluding hydrogens is 330 g/mol. The van der Waals surface area contributed by atoms with Crippen LogP contribution in [0.1, 0.15) is 40.5 Å². The van der Waals surface area contributed by atoms with Gasteiger partial charge in [0.2, 0.25) is 0 Å². The summed E-state index contributed by atoms with van der Waals surface area (Å²) in [6, 6.07) is 3.61. The minimum atomic E-state index is -0.880. The molecule has 0 saturated heterocycles. The quantitative estimate of drug-likeness (QED) is 0.763. The zero-order valence-corrected chi connectivity index (χ0v) is 14.1. The van der Waals surface area contributed by atoms with Crippen LogP contribution in [0.15, 0.2) is 39.6 Å². The Morgan fingerprint density at radius 1 is 1.16 bits per heavy atom. The summed E-state index contributed by atoms with van der Waals surface area (Å²) < 4.78 is 19.9. The van der Waals surface area contributed by atoms with E-state index in [0.29, 0.717) is 0 Å². The molecular formula is C17H19NO7. The number of rotatable bonds is 7. The third kappa shape index (κ3) is 4.50. The van der Waals surface area contributed by atoms with Gasteiger partial charge in [-0.2, -0.15) is 0 Å². The SMILES string of the molecule is COC(=O)c1ccoc1COC(=O)[C@@H](NC(=O)c1ccco1)C(C)C. The highest BCUT2D eigenvalue weighted by Crippen LogP contribution is 2.14. The summed E-state index contributed by atoms with van der Waals surface area (Å²) in [6.07, 6.45) is 2.66. The summed E-state index contributed by atoms with van der Waals surface area (Å²) in [6.45, 7) is 3.28. The molecule has 0 aromatic carbocycles. The second kappa shape index (κ2) is 8.18. The van der Waals surface area contributed by atoms with E-state index in [0.717, 1.165) is 0 Å². The molecule has 2 rings (SSSR count). The highest BCUT2D eigenvalue weighted by molar-refractivity contribution is 5.94. The third-order valence-corrected chi connectivity index (χ3v) is 3.45. The molecule has 0 aliphatic heterocycles. The van der Waals surface area contributed by atoms with Crippen LogP contribution < -0.4 is 5.32 Å². The van der Waals surface area contributed by atoms with E-state index in [1.54, 1.807) is 19.9 Å². The first-order chi connectivity index (χ1) is 11.9. The van der Waals surface area contributed by atoms with E-state index in [4.69, 9.17) is 13.6 Å². The Morgan fingerprint density at radius 2 is 1.92 bits per heavy atom. The van der Waals surface area contributed by atoms with E-state index in [-0.39, 0.29) is 29.6 Å². The molecule has 2 aromatic rings. The topological polar surface area (TPSA) is 108 Å². The predicted molar refractivity (Wildman–Crippen MR) is 84.6 cm³/mol. The van der Waals surface area contributed by atoms with Gasteiger partial charge in [0.05, 0.1) is 19.6 Å². The molecule has 0 aliphatic carbocycles. The number of hydrogen-bond acceptors (Lipinski definition) is 7. The van der Waals surface area contributed by atoms with Gasteiger partial charge in [0, 0.05) is 0 Å². The lowest BCUT2D eigenvalue weighted by Crippen LogP contribution is -2.45. The summed E-state index contributed by atoms with van der Waals surface area (Å²) in [5.74, 6) is -1.72. The smallest absolute Gasteiger partial charge is 0.341 e. The van der Waals surface area contributed by atoms with Gasteiger partial charge in [-0.25, -0.2) is 9.59 Å². The number of amides is 1. The van der Waals surface area contributed by atoms with Gasteiger partial charge in [0.1, 0.15) is 18.2 Å².